The molecule has 30 heavy (non-hydrogen) atoms. The van der Waals surface area contributed by atoms with E-state index in [0.29, 0.717) is 11.0 Å². The van der Waals surface area contributed by atoms with E-state index in [2.05, 4.69) is 54.6 Å². The fourth-order valence-electron chi connectivity index (χ4n) is 2.76. The van der Waals surface area contributed by atoms with Crippen molar-refractivity contribution < 1.29 is 19.2 Å². The number of nitrogens with one attached hydrogen (secondary N) is 3. The van der Waals surface area contributed by atoms with E-state index in [0.717, 1.165) is 14.7 Å². The number of hydrogen-bond donors (Lipinski definition) is 3. The Balaban J connectivity index is 1.59. The van der Waals surface area contributed by atoms with Crippen LogP contribution < -0.4 is 16.1 Å². The van der Waals surface area contributed by atoms with E-state index in [1.165, 1.54) is 0 Å². The highest BCUT2D eigenvalue weighted by molar-refractivity contribution is 14.1. The van der Waals surface area contributed by atoms with Gasteiger partial charge in [-0.1, -0.05) is 42.5 Å². The Hall–Kier alpha value is -2.11. The first-order valence-electron chi connectivity index (χ1n) is 9.28. The highest BCUT2D eigenvalue weighted by atomic mass is 127. The van der Waals surface area contributed by atoms with Gasteiger partial charge in [-0.15, -0.1) is 0 Å². The Morgan fingerprint density at radius 2 is 1.87 bits per heavy atom. The second-order valence-corrected chi connectivity index (χ2v) is 8.71. The van der Waals surface area contributed by atoms with Crippen molar-refractivity contribution in [2.24, 2.45) is 0 Å². The summed E-state index contributed by atoms with van der Waals surface area (Å²) in [5, 5.41) is 5.49. The van der Waals surface area contributed by atoms with E-state index in [4.69, 9.17) is 9.57 Å². The molecule has 1 aliphatic rings. The van der Waals surface area contributed by atoms with Gasteiger partial charge in [0.15, 0.2) is 0 Å². The molecule has 0 saturated carbocycles. The van der Waals surface area contributed by atoms with Gasteiger partial charge >= 0.3 is 6.09 Å². The van der Waals surface area contributed by atoms with Crippen molar-refractivity contribution in [3.05, 3.63) is 80.0 Å². The molecule has 1 aliphatic heterocycles. The second kappa shape index (κ2) is 11.3. The van der Waals surface area contributed by atoms with E-state index in [-0.39, 0.29) is 25.2 Å². The summed E-state index contributed by atoms with van der Waals surface area (Å²) in [6.07, 6.45) is 1.20. The molecule has 2 aromatic rings. The number of rotatable bonds is 8. The highest BCUT2D eigenvalue weighted by Gasteiger charge is 2.24. The SMILES string of the molecule is O=C(N[C@@H](Cc1ccc(I)cc1)C(=O)NCC1C=C(Br)NO1)OCc1ccccc1. The lowest BCUT2D eigenvalue weighted by Gasteiger charge is -2.19. The van der Waals surface area contributed by atoms with Crippen molar-refractivity contribution in [1.29, 1.82) is 0 Å². The minimum atomic E-state index is -0.782. The summed E-state index contributed by atoms with van der Waals surface area (Å²) in [6.45, 7) is 0.399. The zero-order valence-electron chi connectivity index (χ0n) is 15.9. The Morgan fingerprint density at radius 1 is 1.13 bits per heavy atom. The van der Waals surface area contributed by atoms with Crippen LogP contribution in [0.2, 0.25) is 0 Å². The standard InChI is InChI=1S/C21H21BrIN3O4/c22-19-11-17(30-26-19)12-24-20(27)18(10-14-6-8-16(23)9-7-14)25-21(28)29-13-15-4-2-1-3-5-15/h1-9,11,17-18,26H,10,12-13H2,(H,24,27)(H,25,28)/t17?,18-/m0/s1. The normalized spacial score (nSPS) is 16.2. The van der Waals surface area contributed by atoms with Gasteiger partial charge < -0.3 is 15.4 Å². The lowest BCUT2D eigenvalue weighted by Crippen LogP contribution is -2.49. The number of hydrogen-bond acceptors (Lipinski definition) is 5. The zero-order chi connectivity index (χ0) is 21.3. The van der Waals surface area contributed by atoms with E-state index in [9.17, 15) is 9.59 Å². The quantitative estimate of drug-likeness (QED) is 0.326. The van der Waals surface area contributed by atoms with Crippen LogP contribution in [0.15, 0.2) is 65.3 Å². The van der Waals surface area contributed by atoms with Crippen LogP contribution in [0, 0.1) is 3.57 Å². The number of amides is 2. The minimum absolute atomic E-state index is 0.130. The maximum Gasteiger partial charge on any atom is 0.408 e. The summed E-state index contributed by atoms with van der Waals surface area (Å²) >= 11 is 5.49. The summed E-state index contributed by atoms with van der Waals surface area (Å²) < 4.78 is 7.08. The maximum absolute atomic E-state index is 12.8. The van der Waals surface area contributed by atoms with Gasteiger partial charge in [0.25, 0.3) is 0 Å². The molecule has 2 amide bonds. The van der Waals surface area contributed by atoms with Crippen LogP contribution in [0.25, 0.3) is 0 Å². The summed E-state index contributed by atoms with van der Waals surface area (Å²) in [5.74, 6) is -0.315. The van der Waals surface area contributed by atoms with E-state index in [1.54, 1.807) is 6.08 Å². The molecule has 1 heterocycles. The molecule has 0 aromatic heterocycles. The maximum atomic E-state index is 12.8. The number of alkyl carbamates (subject to hydrolysis) is 1. The number of hydroxylamine groups is 1. The molecule has 0 spiro atoms. The van der Waals surface area contributed by atoms with Crippen molar-refractivity contribution in [3.8, 4) is 0 Å². The van der Waals surface area contributed by atoms with Crippen LogP contribution in [0.3, 0.4) is 0 Å². The Bertz CT molecular complexity index is 893. The summed E-state index contributed by atoms with van der Waals surface area (Å²) in [7, 11) is 0. The smallest absolute Gasteiger partial charge is 0.408 e. The molecule has 0 bridgehead atoms. The fraction of sp³-hybridized carbons (Fsp3) is 0.238. The van der Waals surface area contributed by atoms with Gasteiger partial charge in [-0.05, 0) is 67.9 Å². The molecule has 158 valence electrons. The van der Waals surface area contributed by atoms with Gasteiger partial charge in [0.1, 0.15) is 23.4 Å². The van der Waals surface area contributed by atoms with Gasteiger partial charge in [0, 0.05) is 9.99 Å². The van der Waals surface area contributed by atoms with Crippen LogP contribution in [-0.2, 0) is 27.4 Å². The Kier molecular flexibility index (Phi) is 8.52. The molecule has 3 N–H and O–H groups in total. The van der Waals surface area contributed by atoms with Crippen molar-refractivity contribution in [2.75, 3.05) is 6.54 Å². The molecular weight excluding hydrogens is 565 g/mol. The molecule has 0 aliphatic carbocycles. The summed E-state index contributed by atoms with van der Waals surface area (Å²) in [5.41, 5.74) is 4.47. The lowest BCUT2D eigenvalue weighted by atomic mass is 10.1. The van der Waals surface area contributed by atoms with Crippen molar-refractivity contribution in [2.45, 2.75) is 25.2 Å². The van der Waals surface area contributed by atoms with Gasteiger partial charge in [-0.25, -0.2) is 4.79 Å². The number of ether oxygens (including phenoxy) is 1. The summed E-state index contributed by atoms with van der Waals surface area (Å²) in [6, 6.07) is 16.4. The van der Waals surface area contributed by atoms with E-state index < -0.39 is 12.1 Å². The number of carbonyl (C=O) groups is 2. The van der Waals surface area contributed by atoms with Crippen LogP contribution in [-0.4, -0.2) is 30.7 Å². The van der Waals surface area contributed by atoms with Crippen LogP contribution in [0.5, 0.6) is 0 Å². The molecule has 0 saturated heterocycles. The molecule has 2 atom stereocenters. The predicted octanol–water partition coefficient (Wildman–Crippen LogP) is 3.38. The first kappa shape index (κ1) is 22.6. The van der Waals surface area contributed by atoms with Crippen LogP contribution >= 0.6 is 38.5 Å². The molecule has 0 radical (unpaired) electrons. The predicted molar refractivity (Wildman–Crippen MR) is 124 cm³/mol. The van der Waals surface area contributed by atoms with Crippen molar-refractivity contribution in [1.82, 2.24) is 16.1 Å². The average Bonchev–Trinajstić information content (AvgIpc) is 3.17. The van der Waals surface area contributed by atoms with Crippen molar-refractivity contribution >= 4 is 50.5 Å². The molecule has 7 nitrogen and oxygen atoms in total. The molecule has 3 rings (SSSR count). The molecule has 0 fully saturated rings. The number of carbonyl (C=O) groups excluding carboxylic acids is 2. The Labute approximate surface area is 196 Å². The number of benzene rings is 2. The highest BCUT2D eigenvalue weighted by Crippen LogP contribution is 2.12. The van der Waals surface area contributed by atoms with Gasteiger partial charge in [-0.3, -0.25) is 15.1 Å². The van der Waals surface area contributed by atoms with E-state index >= 15 is 0 Å². The monoisotopic (exact) mass is 585 g/mol. The third kappa shape index (κ3) is 7.29. The summed E-state index contributed by atoms with van der Waals surface area (Å²) in [4.78, 5) is 30.4. The third-order valence-electron chi connectivity index (χ3n) is 4.29. The minimum Gasteiger partial charge on any atom is -0.445 e. The van der Waals surface area contributed by atoms with Gasteiger partial charge in [0.2, 0.25) is 5.91 Å². The first-order valence-corrected chi connectivity index (χ1v) is 11.1. The second-order valence-electron chi connectivity index (χ2n) is 6.61. The van der Waals surface area contributed by atoms with Gasteiger partial charge in [0.05, 0.1) is 6.54 Å². The molecular formula is C21H21BrIN3O4. The molecule has 9 heteroatoms. The Morgan fingerprint density at radius 3 is 2.53 bits per heavy atom. The van der Waals surface area contributed by atoms with Crippen LogP contribution in [0.1, 0.15) is 11.1 Å². The number of halogens is 2. The lowest BCUT2D eigenvalue weighted by molar-refractivity contribution is -0.123. The average molecular weight is 586 g/mol. The fourth-order valence-corrected chi connectivity index (χ4v) is 3.51. The topological polar surface area (TPSA) is 88.7 Å². The largest absolute Gasteiger partial charge is 0.445 e. The molecule has 2 aromatic carbocycles. The molecule has 1 unspecified atom stereocenters. The first-order chi connectivity index (χ1) is 14.5. The van der Waals surface area contributed by atoms with Gasteiger partial charge in [-0.2, -0.15) is 0 Å². The zero-order valence-corrected chi connectivity index (χ0v) is 19.7. The van der Waals surface area contributed by atoms with Crippen molar-refractivity contribution in [3.63, 3.8) is 0 Å². The van der Waals surface area contributed by atoms with E-state index in [1.807, 2.05) is 54.6 Å². The third-order valence-corrected chi connectivity index (χ3v) is 5.44. The van der Waals surface area contributed by atoms with Crippen LogP contribution in [0.4, 0.5) is 4.79 Å².